The van der Waals surface area contributed by atoms with E-state index in [2.05, 4.69) is 5.10 Å². The van der Waals surface area contributed by atoms with E-state index >= 15 is 0 Å². The average Bonchev–Trinajstić information content (AvgIpc) is 2.84. The molecule has 0 unspecified atom stereocenters. The Hall–Kier alpha value is -1.16. The van der Waals surface area contributed by atoms with Gasteiger partial charge in [0.2, 0.25) is 0 Å². The first-order chi connectivity index (χ1) is 9.32. The molecule has 9 heteroatoms. The van der Waals surface area contributed by atoms with E-state index in [9.17, 15) is 23.4 Å². The van der Waals surface area contributed by atoms with E-state index in [4.69, 9.17) is 9.84 Å². The lowest BCUT2D eigenvalue weighted by molar-refractivity contribution is -0.177. The lowest BCUT2D eigenvalue weighted by Gasteiger charge is -2.36. The first kappa shape index (κ1) is 15.2. The molecular weight excluding hydrogens is 281 g/mol. The van der Waals surface area contributed by atoms with Gasteiger partial charge in [-0.3, -0.25) is 4.68 Å². The number of hydrogen-bond donors (Lipinski definition) is 3. The summed E-state index contributed by atoms with van der Waals surface area (Å²) in [6, 6.07) is 0. The number of aliphatic hydroxyl groups is 3. The molecule has 20 heavy (non-hydrogen) atoms. The van der Waals surface area contributed by atoms with Crippen molar-refractivity contribution >= 4 is 0 Å². The summed E-state index contributed by atoms with van der Waals surface area (Å²) in [6.07, 6.45) is -6.30. The van der Waals surface area contributed by atoms with Gasteiger partial charge in [0, 0.05) is 18.7 Å². The summed E-state index contributed by atoms with van der Waals surface area (Å²) in [5.41, 5.74) is -0.877. The van der Waals surface area contributed by atoms with E-state index in [-0.39, 0.29) is 13.2 Å². The van der Waals surface area contributed by atoms with E-state index in [0.717, 1.165) is 10.9 Å². The second kappa shape index (κ2) is 5.68. The van der Waals surface area contributed by atoms with Gasteiger partial charge in [-0.1, -0.05) is 0 Å². The number of alkyl halides is 3. The molecule has 0 bridgehead atoms. The molecule has 1 aromatic heterocycles. The van der Waals surface area contributed by atoms with Crippen LogP contribution in [0.5, 0.6) is 0 Å². The number of aliphatic hydroxyl groups excluding tert-OH is 3. The molecule has 2 rings (SSSR count). The molecule has 114 valence electrons. The van der Waals surface area contributed by atoms with Crippen LogP contribution in [0.4, 0.5) is 13.2 Å². The summed E-state index contributed by atoms with van der Waals surface area (Å²) >= 11 is 0. The van der Waals surface area contributed by atoms with E-state index in [0.29, 0.717) is 6.20 Å². The van der Waals surface area contributed by atoms with Gasteiger partial charge in [-0.15, -0.1) is 0 Å². The van der Waals surface area contributed by atoms with Crippen LogP contribution in [0.1, 0.15) is 5.56 Å². The fourth-order valence-corrected chi connectivity index (χ4v) is 2.11. The molecule has 1 fully saturated rings. The Morgan fingerprint density at radius 2 is 2.05 bits per heavy atom. The molecule has 1 aromatic rings. The van der Waals surface area contributed by atoms with Crippen LogP contribution in [0.2, 0.25) is 0 Å². The van der Waals surface area contributed by atoms with Gasteiger partial charge in [0.15, 0.2) is 0 Å². The number of ether oxygens (including phenoxy) is 1. The summed E-state index contributed by atoms with van der Waals surface area (Å²) in [4.78, 5) is 0. The summed E-state index contributed by atoms with van der Waals surface area (Å²) in [7, 11) is 0. The Morgan fingerprint density at radius 1 is 1.35 bits per heavy atom. The van der Waals surface area contributed by atoms with Crippen LogP contribution in [0.15, 0.2) is 12.4 Å². The number of hydrogen-bond acceptors (Lipinski definition) is 5. The first-order valence-corrected chi connectivity index (χ1v) is 6.01. The minimum atomic E-state index is -4.47. The highest BCUT2D eigenvalue weighted by molar-refractivity contribution is 5.08. The van der Waals surface area contributed by atoms with Gasteiger partial charge in [-0.2, -0.15) is 18.3 Å². The molecule has 0 spiro atoms. The van der Waals surface area contributed by atoms with Gasteiger partial charge in [0.25, 0.3) is 0 Å². The number of aromatic nitrogens is 2. The van der Waals surface area contributed by atoms with E-state index in [1.165, 1.54) is 0 Å². The fraction of sp³-hybridized carbons (Fsp3) is 0.727. The number of halogens is 3. The van der Waals surface area contributed by atoms with E-state index < -0.39 is 42.6 Å². The van der Waals surface area contributed by atoms with Crippen molar-refractivity contribution in [3.8, 4) is 0 Å². The van der Waals surface area contributed by atoms with Crippen molar-refractivity contribution in [1.29, 1.82) is 0 Å². The Labute approximate surface area is 112 Å². The quantitative estimate of drug-likeness (QED) is 0.708. The smallest absolute Gasteiger partial charge is 0.394 e. The molecule has 1 aliphatic heterocycles. The normalized spacial score (nSPS) is 31.5. The maximum absolute atomic E-state index is 12.4. The van der Waals surface area contributed by atoms with Crippen molar-refractivity contribution in [2.45, 2.75) is 31.0 Å². The molecule has 4 atom stereocenters. The fourth-order valence-electron chi connectivity index (χ4n) is 2.11. The minimum absolute atomic E-state index is 0.0185. The summed E-state index contributed by atoms with van der Waals surface area (Å²) in [6.45, 7) is -0.442. The third-order valence-corrected chi connectivity index (χ3v) is 3.30. The lowest BCUT2D eigenvalue weighted by Crippen LogP contribution is -2.52. The highest BCUT2D eigenvalue weighted by Gasteiger charge is 2.38. The van der Waals surface area contributed by atoms with Crippen LogP contribution in [-0.2, 0) is 17.5 Å². The molecule has 1 aliphatic rings. The molecule has 0 aliphatic carbocycles. The second-order valence-electron chi connectivity index (χ2n) is 4.74. The third-order valence-electron chi connectivity index (χ3n) is 3.30. The second-order valence-corrected chi connectivity index (χ2v) is 4.74. The van der Waals surface area contributed by atoms with Crippen molar-refractivity contribution in [1.82, 2.24) is 9.78 Å². The number of nitrogens with zero attached hydrogens (tertiary/aromatic N) is 2. The Morgan fingerprint density at radius 3 is 2.60 bits per heavy atom. The average molecular weight is 296 g/mol. The molecule has 0 amide bonds. The van der Waals surface area contributed by atoms with Gasteiger partial charge >= 0.3 is 6.18 Å². The maximum atomic E-state index is 12.4. The molecule has 1 saturated heterocycles. The van der Waals surface area contributed by atoms with Gasteiger partial charge in [-0.05, 0) is 0 Å². The Bertz CT molecular complexity index is 451. The zero-order valence-electron chi connectivity index (χ0n) is 10.4. The molecule has 6 nitrogen and oxygen atoms in total. The standard InChI is InChI=1S/C11H15F3N2O4/c12-11(13,14)7-1-15-16(3-7)2-6-5-20-8(4-17)10(19)9(6)18/h1,3,6,8-10,17-19H,2,4-5H2/t6-,8-,9-,10+/m1/s1. The third kappa shape index (κ3) is 3.11. The highest BCUT2D eigenvalue weighted by atomic mass is 19.4. The number of rotatable bonds is 3. The van der Waals surface area contributed by atoms with Crippen LogP contribution in [0.3, 0.4) is 0 Å². The van der Waals surface area contributed by atoms with Crippen molar-refractivity contribution in [2.75, 3.05) is 13.2 Å². The Kier molecular flexibility index (Phi) is 4.33. The van der Waals surface area contributed by atoms with Crippen LogP contribution in [0, 0.1) is 5.92 Å². The van der Waals surface area contributed by atoms with Crippen LogP contribution >= 0.6 is 0 Å². The minimum Gasteiger partial charge on any atom is -0.394 e. The summed E-state index contributed by atoms with van der Waals surface area (Å²) in [5.74, 6) is -0.603. The molecule has 0 radical (unpaired) electrons. The van der Waals surface area contributed by atoms with Crippen molar-refractivity contribution < 1.29 is 33.2 Å². The van der Waals surface area contributed by atoms with Gasteiger partial charge in [-0.25, -0.2) is 0 Å². The topological polar surface area (TPSA) is 87.7 Å². The zero-order valence-corrected chi connectivity index (χ0v) is 10.4. The maximum Gasteiger partial charge on any atom is 0.419 e. The summed E-state index contributed by atoms with van der Waals surface area (Å²) in [5, 5.41) is 32.0. The lowest BCUT2D eigenvalue weighted by atomic mass is 9.92. The van der Waals surface area contributed by atoms with Crippen LogP contribution in [0.25, 0.3) is 0 Å². The van der Waals surface area contributed by atoms with Crippen molar-refractivity contribution in [3.05, 3.63) is 18.0 Å². The first-order valence-electron chi connectivity index (χ1n) is 6.01. The largest absolute Gasteiger partial charge is 0.419 e. The monoisotopic (exact) mass is 296 g/mol. The van der Waals surface area contributed by atoms with Crippen LogP contribution < -0.4 is 0 Å². The van der Waals surface area contributed by atoms with Crippen LogP contribution in [-0.4, -0.2) is 56.6 Å². The molecular formula is C11H15F3N2O4. The predicted molar refractivity (Wildman–Crippen MR) is 59.6 cm³/mol. The Balaban J connectivity index is 2.02. The van der Waals surface area contributed by atoms with Gasteiger partial charge < -0.3 is 20.1 Å². The summed E-state index contributed by atoms with van der Waals surface area (Å²) < 4.78 is 43.5. The molecule has 3 N–H and O–H groups in total. The predicted octanol–water partition coefficient (Wildman–Crippen LogP) is -0.369. The van der Waals surface area contributed by atoms with Gasteiger partial charge in [0.1, 0.15) is 12.2 Å². The molecule has 2 heterocycles. The van der Waals surface area contributed by atoms with E-state index in [1.807, 2.05) is 0 Å². The van der Waals surface area contributed by atoms with Crippen molar-refractivity contribution in [3.63, 3.8) is 0 Å². The van der Waals surface area contributed by atoms with Crippen molar-refractivity contribution in [2.24, 2.45) is 5.92 Å². The SMILES string of the molecule is OC[C@H]1OC[C@@H](Cn2cc(C(F)(F)F)cn2)[C@@H](O)[C@H]1O. The van der Waals surface area contributed by atoms with Gasteiger partial charge in [0.05, 0.1) is 31.1 Å². The molecule has 0 saturated carbocycles. The highest BCUT2D eigenvalue weighted by Crippen LogP contribution is 2.29. The zero-order chi connectivity index (χ0) is 14.9. The van der Waals surface area contributed by atoms with E-state index in [1.54, 1.807) is 0 Å². The molecule has 0 aromatic carbocycles.